The van der Waals surface area contributed by atoms with Crippen molar-refractivity contribution in [3.8, 4) is 0 Å². The van der Waals surface area contributed by atoms with Crippen molar-refractivity contribution in [2.45, 2.75) is 27.7 Å². The van der Waals surface area contributed by atoms with E-state index >= 15 is 0 Å². The second-order valence-electron chi connectivity index (χ2n) is 1.74. The summed E-state index contributed by atoms with van der Waals surface area (Å²) in [6.45, 7) is 6.07. The number of ketones is 1. The molecule has 0 amide bonds. The highest BCUT2D eigenvalue weighted by Gasteiger charge is 1.65. The van der Waals surface area contributed by atoms with Crippen LogP contribution in [0.5, 0.6) is 0 Å². The SMILES string of the molecule is CC(=O)O.CC(C)=O.CCO.O. The Morgan fingerprint density at radius 1 is 1.17 bits per heavy atom. The van der Waals surface area contributed by atoms with Crippen molar-refractivity contribution in [1.82, 2.24) is 0 Å². The lowest BCUT2D eigenvalue weighted by Gasteiger charge is -1.59. The van der Waals surface area contributed by atoms with Crippen LogP contribution in [0.2, 0.25) is 0 Å². The molecule has 0 spiro atoms. The van der Waals surface area contributed by atoms with Gasteiger partial charge in [-0.25, -0.2) is 0 Å². The highest BCUT2D eigenvalue weighted by molar-refractivity contribution is 5.72. The van der Waals surface area contributed by atoms with Gasteiger partial charge in [0.05, 0.1) is 0 Å². The molecule has 0 atom stereocenters. The molecule has 0 unspecified atom stereocenters. The molecule has 0 fully saturated rings. The summed E-state index contributed by atoms with van der Waals surface area (Å²) in [6, 6.07) is 0. The van der Waals surface area contributed by atoms with Gasteiger partial charge in [-0.2, -0.15) is 0 Å². The van der Waals surface area contributed by atoms with E-state index in [1.165, 1.54) is 13.8 Å². The fourth-order valence-electron chi connectivity index (χ4n) is 0. The molecule has 0 aliphatic rings. The van der Waals surface area contributed by atoms with Crippen molar-refractivity contribution in [2.75, 3.05) is 6.61 Å². The van der Waals surface area contributed by atoms with Gasteiger partial charge in [0.25, 0.3) is 5.97 Å². The maximum atomic E-state index is 9.44. The van der Waals surface area contributed by atoms with Crippen molar-refractivity contribution in [3.05, 3.63) is 0 Å². The van der Waals surface area contributed by atoms with Crippen molar-refractivity contribution >= 4 is 11.8 Å². The van der Waals surface area contributed by atoms with Crippen LogP contribution in [0, 0.1) is 0 Å². The molecule has 0 radical (unpaired) electrons. The van der Waals surface area contributed by atoms with Crippen LogP contribution < -0.4 is 0 Å². The zero-order valence-electron chi connectivity index (χ0n) is 7.92. The van der Waals surface area contributed by atoms with E-state index in [1.807, 2.05) is 0 Å². The number of hydrogen-bond acceptors (Lipinski definition) is 3. The van der Waals surface area contributed by atoms with Crippen LogP contribution in [-0.4, -0.2) is 34.0 Å². The number of aliphatic hydroxyl groups is 1. The number of hydrogen-bond donors (Lipinski definition) is 2. The molecule has 12 heavy (non-hydrogen) atoms. The number of carboxylic acid groups (broad SMARTS) is 1. The maximum Gasteiger partial charge on any atom is 0.300 e. The summed E-state index contributed by atoms with van der Waals surface area (Å²) in [5, 5.41) is 15.0. The van der Waals surface area contributed by atoms with E-state index in [2.05, 4.69) is 0 Å². The van der Waals surface area contributed by atoms with Gasteiger partial charge in [-0.15, -0.1) is 0 Å². The molecular formula is C7H18O5. The predicted octanol–water partition coefficient (Wildman–Crippen LogP) is -0.140. The first-order valence-electron chi connectivity index (χ1n) is 3.16. The molecular weight excluding hydrogens is 164 g/mol. The quantitative estimate of drug-likeness (QED) is 0.543. The van der Waals surface area contributed by atoms with Crippen molar-refractivity contribution in [2.24, 2.45) is 0 Å². The third kappa shape index (κ3) is 666. The van der Waals surface area contributed by atoms with E-state index in [9.17, 15) is 4.79 Å². The summed E-state index contributed by atoms with van der Waals surface area (Å²) < 4.78 is 0. The van der Waals surface area contributed by atoms with Crippen molar-refractivity contribution < 1.29 is 25.3 Å². The molecule has 0 aromatic rings. The van der Waals surface area contributed by atoms with Crippen molar-refractivity contribution in [3.63, 3.8) is 0 Å². The highest BCUT2D eigenvalue weighted by atomic mass is 16.4. The Labute approximate surface area is 72.3 Å². The Morgan fingerprint density at radius 2 is 1.17 bits per heavy atom. The summed E-state index contributed by atoms with van der Waals surface area (Å²) >= 11 is 0. The average Bonchev–Trinajstić information content (AvgIpc) is 1.60. The first kappa shape index (κ1) is 22.5. The third-order valence-corrected chi connectivity index (χ3v) is 0. The molecule has 4 N–H and O–H groups in total. The highest BCUT2D eigenvalue weighted by Crippen LogP contribution is 1.50. The number of aliphatic hydroxyl groups excluding tert-OH is 1. The summed E-state index contributed by atoms with van der Waals surface area (Å²) in [5.41, 5.74) is 0. The monoisotopic (exact) mass is 182 g/mol. The van der Waals surface area contributed by atoms with Crippen LogP contribution >= 0.6 is 0 Å². The van der Waals surface area contributed by atoms with E-state index in [1.54, 1.807) is 6.92 Å². The van der Waals surface area contributed by atoms with Crippen LogP contribution in [0.4, 0.5) is 0 Å². The number of carbonyl (C=O) groups excluding carboxylic acids is 1. The van der Waals surface area contributed by atoms with Crippen LogP contribution in [-0.2, 0) is 9.59 Å². The number of carbonyl (C=O) groups is 2. The normalized spacial score (nSPS) is 5.75. The maximum absolute atomic E-state index is 9.44. The Balaban J connectivity index is -0.0000000389. The molecule has 76 valence electrons. The van der Waals surface area contributed by atoms with E-state index in [-0.39, 0.29) is 17.9 Å². The molecule has 5 heteroatoms. The van der Waals surface area contributed by atoms with Gasteiger partial charge in [0.2, 0.25) is 0 Å². The minimum atomic E-state index is -0.833. The lowest BCUT2D eigenvalue weighted by Crippen LogP contribution is -1.78. The fourth-order valence-corrected chi connectivity index (χ4v) is 0. The molecule has 0 aromatic carbocycles. The number of Topliss-reactive ketones (excluding diaryl/α,β-unsaturated/α-hetero) is 1. The van der Waals surface area contributed by atoms with Gasteiger partial charge in [0.1, 0.15) is 5.78 Å². The molecule has 0 rings (SSSR count). The lowest BCUT2D eigenvalue weighted by atomic mass is 10.6. The first-order valence-corrected chi connectivity index (χ1v) is 3.16. The molecule has 0 aliphatic carbocycles. The van der Waals surface area contributed by atoms with Gasteiger partial charge in [-0.1, -0.05) is 0 Å². The molecule has 0 bridgehead atoms. The van der Waals surface area contributed by atoms with E-state index < -0.39 is 5.97 Å². The summed E-state index contributed by atoms with van der Waals surface area (Å²) in [7, 11) is 0. The van der Waals surface area contributed by atoms with E-state index in [0.29, 0.717) is 0 Å². The smallest absolute Gasteiger partial charge is 0.300 e. The number of carboxylic acids is 1. The Kier molecular flexibility index (Phi) is 42.1. The summed E-state index contributed by atoms with van der Waals surface area (Å²) in [6.07, 6.45) is 0. The fraction of sp³-hybridized carbons (Fsp3) is 0.714. The summed E-state index contributed by atoms with van der Waals surface area (Å²) in [5.74, 6) is -0.667. The molecule has 0 saturated heterocycles. The molecule has 5 nitrogen and oxygen atoms in total. The Hall–Kier alpha value is -0.940. The Morgan fingerprint density at radius 3 is 1.17 bits per heavy atom. The van der Waals surface area contributed by atoms with Gasteiger partial charge in [0, 0.05) is 13.5 Å². The predicted molar refractivity (Wildman–Crippen MR) is 46.0 cm³/mol. The number of aliphatic carboxylic acids is 1. The van der Waals surface area contributed by atoms with Gasteiger partial charge >= 0.3 is 0 Å². The van der Waals surface area contributed by atoms with Gasteiger partial charge in [-0.3, -0.25) is 4.79 Å². The Bertz CT molecular complexity index is 80.0. The number of rotatable bonds is 0. The minimum Gasteiger partial charge on any atom is -0.481 e. The van der Waals surface area contributed by atoms with Crippen LogP contribution in [0.25, 0.3) is 0 Å². The molecule has 0 aromatic heterocycles. The van der Waals surface area contributed by atoms with E-state index in [0.717, 1.165) is 6.92 Å². The van der Waals surface area contributed by atoms with Gasteiger partial charge in [0.15, 0.2) is 0 Å². The first-order chi connectivity index (χ1) is 4.88. The largest absolute Gasteiger partial charge is 0.481 e. The topological polar surface area (TPSA) is 106 Å². The van der Waals surface area contributed by atoms with Gasteiger partial charge < -0.3 is 20.5 Å². The van der Waals surface area contributed by atoms with Crippen molar-refractivity contribution in [1.29, 1.82) is 0 Å². The molecule has 0 saturated carbocycles. The van der Waals surface area contributed by atoms with Crippen LogP contribution in [0.15, 0.2) is 0 Å². The molecule has 0 aliphatic heterocycles. The third-order valence-electron chi connectivity index (χ3n) is 0. The van der Waals surface area contributed by atoms with Crippen LogP contribution in [0.1, 0.15) is 27.7 Å². The zero-order valence-corrected chi connectivity index (χ0v) is 7.92. The molecule has 0 heterocycles. The summed E-state index contributed by atoms with van der Waals surface area (Å²) in [4.78, 5) is 18.4. The standard InChI is InChI=1S/C3H6O.C2H4O2.C2H6O.H2O/c1-3(2)4;1-2(3)4;1-2-3;/h1-2H3;1H3,(H,3,4);3H,2H2,1H3;1H2. The van der Waals surface area contributed by atoms with Gasteiger partial charge in [-0.05, 0) is 20.8 Å². The average molecular weight is 182 g/mol. The van der Waals surface area contributed by atoms with E-state index in [4.69, 9.17) is 15.0 Å². The zero-order chi connectivity index (χ0) is 9.86. The minimum absolute atomic E-state index is 0. The second kappa shape index (κ2) is 22.5. The lowest BCUT2D eigenvalue weighted by molar-refractivity contribution is -0.134. The second-order valence-corrected chi connectivity index (χ2v) is 1.74. The van der Waals surface area contributed by atoms with Crippen LogP contribution in [0.3, 0.4) is 0 Å².